The minimum Gasteiger partial charge on any atom is -0.481 e. The van der Waals surface area contributed by atoms with Crippen LogP contribution in [-0.2, 0) is 15.3 Å². The second kappa shape index (κ2) is 9.45. The molecular formula is C16H23NO3S. The van der Waals surface area contributed by atoms with E-state index >= 15 is 0 Å². The highest BCUT2D eigenvalue weighted by molar-refractivity contribution is 7.99. The minimum absolute atomic E-state index is 0.106. The summed E-state index contributed by atoms with van der Waals surface area (Å²) in [4.78, 5) is 22.8. The van der Waals surface area contributed by atoms with Crippen molar-refractivity contribution in [1.29, 1.82) is 0 Å². The highest BCUT2D eigenvalue weighted by Gasteiger charge is 2.19. The van der Waals surface area contributed by atoms with Crippen LogP contribution in [0.2, 0.25) is 0 Å². The van der Waals surface area contributed by atoms with Crippen LogP contribution in [0.1, 0.15) is 25.8 Å². The summed E-state index contributed by atoms with van der Waals surface area (Å²) in [5.41, 5.74) is 1.18. The van der Waals surface area contributed by atoms with Crippen molar-refractivity contribution in [3.63, 3.8) is 0 Å². The summed E-state index contributed by atoms with van der Waals surface area (Å²) >= 11 is 1.53. The molecule has 0 aliphatic carbocycles. The molecule has 4 nitrogen and oxygen atoms in total. The summed E-state index contributed by atoms with van der Waals surface area (Å²) in [7, 11) is 0. The van der Waals surface area contributed by atoms with E-state index in [2.05, 4.69) is 5.32 Å². The van der Waals surface area contributed by atoms with Gasteiger partial charge in [0, 0.05) is 12.3 Å². The molecule has 1 aromatic rings. The SMILES string of the molecule is CC(C)CC(CNC(=O)CSCc1ccccc1)C(=O)O. The minimum atomic E-state index is -0.846. The van der Waals surface area contributed by atoms with Crippen LogP contribution in [-0.4, -0.2) is 29.3 Å². The maximum Gasteiger partial charge on any atom is 0.308 e. The number of carbonyl (C=O) groups excluding carboxylic acids is 1. The van der Waals surface area contributed by atoms with Gasteiger partial charge < -0.3 is 10.4 Å². The van der Waals surface area contributed by atoms with Crippen molar-refractivity contribution in [2.45, 2.75) is 26.0 Å². The van der Waals surface area contributed by atoms with Crippen LogP contribution < -0.4 is 5.32 Å². The highest BCUT2D eigenvalue weighted by Crippen LogP contribution is 2.13. The molecule has 5 heteroatoms. The Balaban J connectivity index is 2.25. The van der Waals surface area contributed by atoms with Gasteiger partial charge in [-0.05, 0) is 17.9 Å². The first-order valence-corrected chi connectivity index (χ1v) is 8.25. The summed E-state index contributed by atoms with van der Waals surface area (Å²) in [5.74, 6) is -0.0265. The molecule has 0 aliphatic rings. The number of thioether (sulfide) groups is 1. The summed E-state index contributed by atoms with van der Waals surface area (Å²) < 4.78 is 0. The maximum atomic E-state index is 11.7. The van der Waals surface area contributed by atoms with Gasteiger partial charge in [-0.3, -0.25) is 9.59 Å². The van der Waals surface area contributed by atoms with E-state index in [9.17, 15) is 9.59 Å². The number of carboxylic acids is 1. The molecule has 116 valence electrons. The molecule has 1 aromatic carbocycles. The zero-order valence-electron chi connectivity index (χ0n) is 12.5. The van der Waals surface area contributed by atoms with Crippen molar-refractivity contribution in [3.8, 4) is 0 Å². The number of nitrogens with one attached hydrogen (secondary N) is 1. The zero-order valence-corrected chi connectivity index (χ0v) is 13.4. The third kappa shape index (κ3) is 7.75. The van der Waals surface area contributed by atoms with Gasteiger partial charge in [-0.15, -0.1) is 11.8 Å². The van der Waals surface area contributed by atoms with Crippen molar-refractivity contribution < 1.29 is 14.7 Å². The normalized spacial score (nSPS) is 12.1. The lowest BCUT2D eigenvalue weighted by atomic mass is 9.97. The summed E-state index contributed by atoms with van der Waals surface area (Å²) in [6.45, 7) is 4.17. The van der Waals surface area contributed by atoms with E-state index in [0.29, 0.717) is 18.1 Å². The average molecular weight is 309 g/mol. The van der Waals surface area contributed by atoms with Crippen LogP contribution in [0.5, 0.6) is 0 Å². The number of carboxylic acid groups (broad SMARTS) is 1. The van der Waals surface area contributed by atoms with Gasteiger partial charge in [0.2, 0.25) is 5.91 Å². The molecule has 0 heterocycles. The molecule has 0 saturated heterocycles. The van der Waals surface area contributed by atoms with Crippen molar-refractivity contribution in [2.24, 2.45) is 11.8 Å². The first-order chi connectivity index (χ1) is 9.99. The van der Waals surface area contributed by atoms with Gasteiger partial charge in [0.1, 0.15) is 0 Å². The number of benzene rings is 1. The lowest BCUT2D eigenvalue weighted by Gasteiger charge is -2.15. The quantitative estimate of drug-likeness (QED) is 0.736. The highest BCUT2D eigenvalue weighted by atomic mass is 32.2. The van der Waals surface area contributed by atoms with E-state index in [-0.39, 0.29) is 12.5 Å². The molecule has 0 saturated carbocycles. The molecule has 1 atom stereocenters. The lowest BCUT2D eigenvalue weighted by Crippen LogP contribution is -2.34. The number of amides is 1. The third-order valence-electron chi connectivity index (χ3n) is 3.00. The number of carbonyl (C=O) groups is 2. The van der Waals surface area contributed by atoms with Gasteiger partial charge >= 0.3 is 5.97 Å². The fourth-order valence-electron chi connectivity index (χ4n) is 1.96. The van der Waals surface area contributed by atoms with Crippen molar-refractivity contribution in [2.75, 3.05) is 12.3 Å². The van der Waals surface area contributed by atoms with Crippen LogP contribution in [0.4, 0.5) is 0 Å². The van der Waals surface area contributed by atoms with Gasteiger partial charge in [-0.2, -0.15) is 0 Å². The number of rotatable bonds is 9. The molecule has 0 fully saturated rings. The topological polar surface area (TPSA) is 66.4 Å². The van der Waals surface area contributed by atoms with E-state index < -0.39 is 11.9 Å². The van der Waals surface area contributed by atoms with Gasteiger partial charge in [-0.1, -0.05) is 44.2 Å². The Morgan fingerprint density at radius 2 is 1.90 bits per heavy atom. The van der Waals surface area contributed by atoms with Gasteiger partial charge in [0.25, 0.3) is 0 Å². The van der Waals surface area contributed by atoms with Gasteiger partial charge in [0.15, 0.2) is 0 Å². The molecule has 0 bridgehead atoms. The molecule has 0 aromatic heterocycles. The number of hydrogen-bond acceptors (Lipinski definition) is 3. The van der Waals surface area contributed by atoms with Crippen molar-refractivity contribution >= 4 is 23.6 Å². The van der Waals surface area contributed by atoms with Crippen LogP contribution in [0.3, 0.4) is 0 Å². The Morgan fingerprint density at radius 3 is 2.48 bits per heavy atom. The maximum absolute atomic E-state index is 11.7. The third-order valence-corrected chi connectivity index (χ3v) is 4.00. The molecule has 0 aliphatic heterocycles. The number of hydrogen-bond donors (Lipinski definition) is 2. The molecule has 0 radical (unpaired) electrons. The van der Waals surface area contributed by atoms with Crippen molar-refractivity contribution in [1.82, 2.24) is 5.32 Å². The Kier molecular flexibility index (Phi) is 7.90. The zero-order chi connectivity index (χ0) is 15.7. The molecule has 1 rings (SSSR count). The molecule has 21 heavy (non-hydrogen) atoms. The second-order valence-corrected chi connectivity index (χ2v) is 6.43. The predicted molar refractivity (Wildman–Crippen MR) is 86.2 cm³/mol. The Labute approximate surface area is 130 Å². The molecule has 1 unspecified atom stereocenters. The predicted octanol–water partition coefficient (Wildman–Crippen LogP) is 2.78. The summed E-state index contributed by atoms with van der Waals surface area (Å²) in [5, 5.41) is 11.8. The smallest absolute Gasteiger partial charge is 0.308 e. The van der Waals surface area contributed by atoms with Crippen LogP contribution in [0, 0.1) is 11.8 Å². The lowest BCUT2D eigenvalue weighted by molar-refractivity contribution is -0.142. The standard InChI is InChI=1S/C16H23NO3S/c1-12(2)8-14(16(19)20)9-17-15(18)11-21-10-13-6-4-3-5-7-13/h3-7,12,14H,8-11H2,1-2H3,(H,17,18)(H,19,20). The largest absolute Gasteiger partial charge is 0.481 e. The second-order valence-electron chi connectivity index (χ2n) is 5.45. The Morgan fingerprint density at radius 1 is 1.24 bits per heavy atom. The first kappa shape index (κ1) is 17.6. The molecule has 1 amide bonds. The monoisotopic (exact) mass is 309 g/mol. The summed E-state index contributed by atoms with van der Waals surface area (Å²) in [6, 6.07) is 9.95. The van der Waals surface area contributed by atoms with Crippen LogP contribution in [0.15, 0.2) is 30.3 Å². The Bertz CT molecular complexity index is 448. The van der Waals surface area contributed by atoms with Gasteiger partial charge in [0.05, 0.1) is 11.7 Å². The van der Waals surface area contributed by atoms with E-state index in [4.69, 9.17) is 5.11 Å². The fourth-order valence-corrected chi connectivity index (χ4v) is 2.78. The first-order valence-electron chi connectivity index (χ1n) is 7.10. The van der Waals surface area contributed by atoms with Gasteiger partial charge in [-0.25, -0.2) is 0 Å². The van der Waals surface area contributed by atoms with Crippen LogP contribution >= 0.6 is 11.8 Å². The van der Waals surface area contributed by atoms with Crippen LogP contribution in [0.25, 0.3) is 0 Å². The fraction of sp³-hybridized carbons (Fsp3) is 0.500. The Hall–Kier alpha value is -1.49. The molecule has 2 N–H and O–H groups in total. The molecule has 0 spiro atoms. The van der Waals surface area contributed by atoms with Crippen molar-refractivity contribution in [3.05, 3.63) is 35.9 Å². The average Bonchev–Trinajstić information content (AvgIpc) is 2.44. The summed E-state index contributed by atoms with van der Waals surface area (Å²) in [6.07, 6.45) is 0.576. The van der Waals surface area contributed by atoms with E-state index in [0.717, 1.165) is 5.75 Å². The molecular weight excluding hydrogens is 286 g/mol. The van der Waals surface area contributed by atoms with E-state index in [1.165, 1.54) is 17.3 Å². The van der Waals surface area contributed by atoms with E-state index in [1.54, 1.807) is 0 Å². The number of aliphatic carboxylic acids is 1. The van der Waals surface area contributed by atoms with E-state index in [1.807, 2.05) is 44.2 Å².